The number of methoxy groups -OCH3 is 2. The number of carbonyl (C=O) groups excluding carboxylic acids is 4. The Morgan fingerprint density at radius 3 is 1.60 bits per heavy atom. The van der Waals surface area contributed by atoms with Crippen molar-refractivity contribution >= 4 is 92.4 Å². The Bertz CT molecular complexity index is 1530. The molecule has 0 aromatic heterocycles. The fourth-order valence-electron chi connectivity index (χ4n) is 4.30. The van der Waals surface area contributed by atoms with Crippen LogP contribution in [-0.2, 0) is 19.2 Å². The first-order chi connectivity index (χ1) is 21.7. The van der Waals surface area contributed by atoms with Crippen molar-refractivity contribution in [2.45, 2.75) is 32.1 Å². The summed E-state index contributed by atoms with van der Waals surface area (Å²) in [7, 11) is 3.18. The second-order valence-corrected chi connectivity index (χ2v) is 13.2. The Morgan fingerprint density at radius 2 is 1.13 bits per heavy atom. The summed E-state index contributed by atoms with van der Waals surface area (Å²) in [5, 5.41) is 0. The van der Waals surface area contributed by atoms with Gasteiger partial charge in [-0.25, -0.2) is 0 Å². The molecule has 0 atom stereocenters. The van der Waals surface area contributed by atoms with Gasteiger partial charge in [0.05, 0.1) is 24.0 Å². The molecule has 2 fully saturated rings. The maximum Gasteiger partial charge on any atom is 0.266 e. The van der Waals surface area contributed by atoms with Crippen LogP contribution in [0.15, 0.2) is 58.3 Å². The van der Waals surface area contributed by atoms with Crippen molar-refractivity contribution < 1.29 is 28.7 Å². The van der Waals surface area contributed by atoms with Crippen molar-refractivity contribution in [3.63, 3.8) is 0 Å². The minimum Gasteiger partial charge on any atom is -0.497 e. The molecule has 2 aliphatic heterocycles. The molecule has 0 radical (unpaired) electrons. The Balaban J connectivity index is 1.11. The summed E-state index contributed by atoms with van der Waals surface area (Å²) in [5.41, 5.74) is 6.51. The van der Waals surface area contributed by atoms with Crippen LogP contribution in [0.2, 0.25) is 0 Å². The van der Waals surface area contributed by atoms with Gasteiger partial charge in [-0.2, -0.15) is 0 Å². The minimum absolute atomic E-state index is 0.0286. The van der Waals surface area contributed by atoms with E-state index in [9.17, 15) is 19.2 Å². The fraction of sp³-hybridized carbons (Fsp3) is 0.290. The average molecular weight is 685 g/mol. The Kier molecular flexibility index (Phi) is 12.6. The standard InChI is InChI=1S/C31H32N4O6S4/c1-40-22-11-7-20(8-12-22)18-24-28(38)34(30(42)44-24)16-5-3-4-6-26(36)32-33-27(37)15-17-35-29(39)25(45-31(35)43)19-21-9-13-23(41-2)14-10-21/h7-14,18-19H,3-6,15-17H2,1-2H3,(H,32,36)(H,33,37)/b24-18-,25-19+. The van der Waals surface area contributed by atoms with Gasteiger partial charge in [-0.3, -0.25) is 39.8 Å². The molecule has 2 aliphatic rings. The quantitative estimate of drug-likeness (QED) is 0.131. The van der Waals surface area contributed by atoms with Crippen molar-refractivity contribution in [3.8, 4) is 11.5 Å². The lowest BCUT2D eigenvalue weighted by Gasteiger charge is -2.15. The van der Waals surface area contributed by atoms with Gasteiger partial charge in [0.1, 0.15) is 20.1 Å². The van der Waals surface area contributed by atoms with Gasteiger partial charge in [0, 0.05) is 25.9 Å². The molecule has 45 heavy (non-hydrogen) atoms. The molecule has 2 aromatic rings. The fourth-order valence-corrected chi connectivity index (χ4v) is 6.92. The number of benzene rings is 2. The SMILES string of the molecule is COc1ccc(/C=C2\SC(=S)N(CCCCCC(=O)NNC(=O)CCN3C(=O)/C(=C\c4ccc(OC)cc4)SC3=S)C2=O)cc1. The molecule has 0 spiro atoms. The molecule has 236 valence electrons. The topological polar surface area (TPSA) is 117 Å². The number of unbranched alkanes of at least 4 members (excludes halogenated alkanes) is 2. The Morgan fingerprint density at radius 1 is 0.689 bits per heavy atom. The van der Waals surface area contributed by atoms with Crippen molar-refractivity contribution in [1.29, 1.82) is 0 Å². The van der Waals surface area contributed by atoms with Crippen molar-refractivity contribution in [2.75, 3.05) is 27.3 Å². The molecule has 0 bridgehead atoms. The number of thiocarbonyl (C=S) groups is 2. The van der Waals surface area contributed by atoms with E-state index >= 15 is 0 Å². The number of hydrazine groups is 1. The first-order valence-electron chi connectivity index (χ1n) is 14.0. The lowest BCUT2D eigenvalue weighted by atomic mass is 10.1. The highest BCUT2D eigenvalue weighted by atomic mass is 32.2. The number of hydrogen-bond donors (Lipinski definition) is 2. The molecule has 0 saturated carbocycles. The monoisotopic (exact) mass is 684 g/mol. The molecule has 2 heterocycles. The number of ether oxygens (including phenoxy) is 2. The first kappa shape index (κ1) is 34.2. The Labute approximate surface area is 280 Å². The lowest BCUT2D eigenvalue weighted by Crippen LogP contribution is -2.43. The van der Waals surface area contributed by atoms with E-state index in [1.54, 1.807) is 37.3 Å². The molecular weight excluding hydrogens is 653 g/mol. The summed E-state index contributed by atoms with van der Waals surface area (Å²) in [4.78, 5) is 54.2. The largest absolute Gasteiger partial charge is 0.497 e. The van der Waals surface area contributed by atoms with Crippen LogP contribution in [0.25, 0.3) is 12.2 Å². The number of carbonyl (C=O) groups is 4. The molecule has 10 nitrogen and oxygen atoms in total. The molecule has 0 aliphatic carbocycles. The van der Waals surface area contributed by atoms with E-state index in [1.807, 2.05) is 42.5 Å². The zero-order chi connectivity index (χ0) is 32.3. The van der Waals surface area contributed by atoms with E-state index in [4.69, 9.17) is 33.9 Å². The van der Waals surface area contributed by atoms with Gasteiger partial charge in [0.25, 0.3) is 11.8 Å². The summed E-state index contributed by atoms with van der Waals surface area (Å²) in [5.74, 6) is 0.297. The van der Waals surface area contributed by atoms with Crippen LogP contribution in [0.1, 0.15) is 43.2 Å². The number of rotatable bonds is 13. The van der Waals surface area contributed by atoms with Crippen molar-refractivity contribution in [2.24, 2.45) is 0 Å². The highest BCUT2D eigenvalue weighted by Crippen LogP contribution is 2.34. The predicted molar refractivity (Wildman–Crippen MR) is 185 cm³/mol. The third-order valence-electron chi connectivity index (χ3n) is 6.76. The summed E-state index contributed by atoms with van der Waals surface area (Å²) >= 11 is 13.2. The van der Waals surface area contributed by atoms with Crippen LogP contribution in [-0.4, -0.2) is 69.4 Å². The van der Waals surface area contributed by atoms with Crippen LogP contribution < -0.4 is 20.3 Å². The maximum atomic E-state index is 12.8. The highest BCUT2D eigenvalue weighted by molar-refractivity contribution is 8.27. The smallest absolute Gasteiger partial charge is 0.266 e. The Hall–Kier alpha value is -3.72. The van der Waals surface area contributed by atoms with E-state index in [2.05, 4.69) is 10.9 Å². The second-order valence-electron chi connectivity index (χ2n) is 9.87. The van der Waals surface area contributed by atoms with E-state index in [0.29, 0.717) is 50.0 Å². The number of amides is 4. The van der Waals surface area contributed by atoms with E-state index in [-0.39, 0.29) is 37.1 Å². The van der Waals surface area contributed by atoms with Gasteiger partial charge in [-0.15, -0.1) is 0 Å². The zero-order valence-electron chi connectivity index (χ0n) is 24.7. The third-order valence-corrected chi connectivity index (χ3v) is 9.52. The lowest BCUT2D eigenvalue weighted by molar-refractivity contribution is -0.129. The highest BCUT2D eigenvalue weighted by Gasteiger charge is 2.33. The number of nitrogens with one attached hydrogen (secondary N) is 2. The molecule has 14 heteroatoms. The van der Waals surface area contributed by atoms with E-state index in [1.165, 1.54) is 28.4 Å². The normalized spacial score (nSPS) is 16.6. The van der Waals surface area contributed by atoms with Crippen LogP contribution >= 0.6 is 48.0 Å². The van der Waals surface area contributed by atoms with Crippen molar-refractivity contribution in [3.05, 3.63) is 69.5 Å². The van der Waals surface area contributed by atoms with Gasteiger partial charge >= 0.3 is 0 Å². The van der Waals surface area contributed by atoms with Gasteiger partial charge in [-0.1, -0.05) is 78.6 Å². The second kappa shape index (κ2) is 16.5. The average Bonchev–Trinajstić information content (AvgIpc) is 3.46. The van der Waals surface area contributed by atoms with Crippen LogP contribution in [0.5, 0.6) is 11.5 Å². The van der Waals surface area contributed by atoms with Gasteiger partial charge in [0.2, 0.25) is 11.8 Å². The van der Waals surface area contributed by atoms with Crippen molar-refractivity contribution in [1.82, 2.24) is 20.7 Å². The molecule has 2 N–H and O–H groups in total. The molecule has 4 amide bonds. The summed E-state index contributed by atoms with van der Waals surface area (Å²) in [6.07, 6.45) is 5.70. The summed E-state index contributed by atoms with van der Waals surface area (Å²) in [6, 6.07) is 14.7. The number of nitrogens with zero attached hydrogens (tertiary/aromatic N) is 2. The predicted octanol–water partition coefficient (Wildman–Crippen LogP) is 4.90. The minimum atomic E-state index is -0.436. The molecule has 4 rings (SSSR count). The summed E-state index contributed by atoms with van der Waals surface area (Å²) < 4.78 is 11.2. The molecule has 2 saturated heterocycles. The van der Waals surface area contributed by atoms with Gasteiger partial charge < -0.3 is 9.47 Å². The number of hydrogen-bond acceptors (Lipinski definition) is 10. The third kappa shape index (κ3) is 9.63. The maximum absolute atomic E-state index is 12.8. The van der Waals surface area contributed by atoms with Crippen LogP contribution in [0, 0.1) is 0 Å². The molecule has 2 aromatic carbocycles. The van der Waals surface area contributed by atoms with Crippen LogP contribution in [0.4, 0.5) is 0 Å². The molecular formula is C31H32N4O6S4. The van der Waals surface area contributed by atoms with Gasteiger partial charge in [-0.05, 0) is 60.4 Å². The molecule has 0 unspecified atom stereocenters. The van der Waals surface area contributed by atoms with Gasteiger partial charge in [0.15, 0.2) is 0 Å². The van der Waals surface area contributed by atoms with Crippen LogP contribution in [0.3, 0.4) is 0 Å². The number of thioether (sulfide) groups is 2. The first-order valence-corrected chi connectivity index (χ1v) is 16.5. The van der Waals surface area contributed by atoms with E-state index in [0.717, 1.165) is 16.9 Å². The van der Waals surface area contributed by atoms with E-state index < -0.39 is 5.91 Å². The summed E-state index contributed by atoms with van der Waals surface area (Å²) in [6.45, 7) is 0.564. The zero-order valence-corrected chi connectivity index (χ0v) is 28.0.